The van der Waals surface area contributed by atoms with Gasteiger partial charge < -0.3 is 35.2 Å². The quantitative estimate of drug-likeness (QED) is 0.286. The highest BCUT2D eigenvalue weighted by atomic mass is 16.7. The lowest BCUT2D eigenvalue weighted by molar-refractivity contribution is -0.308. The van der Waals surface area contributed by atoms with Crippen molar-refractivity contribution in [3.05, 3.63) is 70.5 Å². The summed E-state index contributed by atoms with van der Waals surface area (Å²) in [4.78, 5) is 33.6. The molecule has 0 spiro atoms. The van der Waals surface area contributed by atoms with Crippen LogP contribution in [0.2, 0.25) is 0 Å². The number of rotatable bonds is 6. The first kappa shape index (κ1) is 23.7. The second-order valence-electron chi connectivity index (χ2n) is 8.05. The molecule has 4 heterocycles. The van der Waals surface area contributed by atoms with Crippen molar-refractivity contribution in [2.75, 3.05) is 6.61 Å². The third-order valence-corrected chi connectivity index (χ3v) is 5.66. The van der Waals surface area contributed by atoms with Crippen LogP contribution in [0, 0.1) is 0 Å². The lowest BCUT2D eigenvalue weighted by Gasteiger charge is -2.45. The molecule has 0 bridgehead atoms. The van der Waals surface area contributed by atoms with Gasteiger partial charge >= 0.3 is 0 Å². The van der Waals surface area contributed by atoms with Gasteiger partial charge in [-0.2, -0.15) is 0 Å². The maximum Gasteiger partial charge on any atom is 0.270 e. The molecule has 4 rings (SSSR count). The summed E-state index contributed by atoms with van der Waals surface area (Å²) in [6.07, 6.45) is -0.250. The third kappa shape index (κ3) is 4.36. The fourth-order valence-electron chi connectivity index (χ4n) is 3.62. The minimum Gasteiger partial charge on any atom is -0.458 e. The Hall–Kier alpha value is -3.42. The predicted molar refractivity (Wildman–Crippen MR) is 116 cm³/mol. The minimum atomic E-state index is -2.04. The average molecular weight is 472 g/mol. The first-order chi connectivity index (χ1) is 16.2. The molecular weight excluding hydrogens is 448 g/mol. The molecule has 1 aliphatic heterocycles. The van der Waals surface area contributed by atoms with Crippen LogP contribution in [-0.2, 0) is 11.3 Å². The van der Waals surface area contributed by atoms with Gasteiger partial charge in [-0.15, -0.1) is 0 Å². The predicted octanol–water partition coefficient (Wildman–Crippen LogP) is -1.41. The Kier molecular flexibility index (Phi) is 6.59. The number of aromatic nitrogens is 3. The number of carbonyl (C=O) groups excluding carboxylic acids is 1. The minimum absolute atomic E-state index is 0.00912. The molecule has 1 aliphatic rings. The largest absolute Gasteiger partial charge is 0.458 e. The zero-order valence-corrected chi connectivity index (χ0v) is 18.1. The van der Waals surface area contributed by atoms with E-state index in [-0.39, 0.29) is 23.5 Å². The van der Waals surface area contributed by atoms with Gasteiger partial charge in [0.2, 0.25) is 6.29 Å². The molecule has 5 atom stereocenters. The molecule has 180 valence electrons. The second kappa shape index (κ2) is 9.44. The van der Waals surface area contributed by atoms with Crippen molar-refractivity contribution >= 4 is 11.6 Å². The van der Waals surface area contributed by atoms with Gasteiger partial charge in [-0.3, -0.25) is 19.0 Å². The number of hydrogen-bond donors (Lipinski definition) is 5. The number of fused-ring (bicyclic) bond motifs is 1. The number of hydrogen-bond acceptors (Lipinski definition) is 10. The molecule has 0 aliphatic carbocycles. The van der Waals surface area contributed by atoms with E-state index in [9.17, 15) is 30.0 Å². The number of amides is 1. The Labute approximate surface area is 193 Å². The molecule has 0 aromatic carbocycles. The van der Waals surface area contributed by atoms with Gasteiger partial charge in [-0.1, -0.05) is 6.07 Å². The molecule has 0 radical (unpaired) electrons. The van der Waals surface area contributed by atoms with Crippen molar-refractivity contribution < 1.29 is 34.7 Å². The SMILES string of the molecule is C[C@]1(O)C(O)[C@H](Oc2cccn3c(=O)c(C(=O)NCc4cccnc4)cnc23)OC(CO)[C@H]1O. The third-order valence-electron chi connectivity index (χ3n) is 5.66. The number of ether oxygens (including phenoxy) is 2. The van der Waals surface area contributed by atoms with E-state index in [0.717, 1.165) is 16.2 Å². The summed E-state index contributed by atoms with van der Waals surface area (Å²) >= 11 is 0. The lowest BCUT2D eigenvalue weighted by atomic mass is 9.86. The zero-order valence-electron chi connectivity index (χ0n) is 18.1. The van der Waals surface area contributed by atoms with Crippen molar-refractivity contribution in [2.45, 2.75) is 43.7 Å². The van der Waals surface area contributed by atoms with Crippen molar-refractivity contribution in [3.63, 3.8) is 0 Å². The molecule has 34 heavy (non-hydrogen) atoms. The Bertz CT molecular complexity index is 1230. The van der Waals surface area contributed by atoms with Crippen LogP contribution in [0.15, 0.2) is 53.8 Å². The van der Waals surface area contributed by atoms with Gasteiger partial charge in [0.25, 0.3) is 11.5 Å². The van der Waals surface area contributed by atoms with E-state index in [4.69, 9.17) is 9.47 Å². The van der Waals surface area contributed by atoms with E-state index in [2.05, 4.69) is 15.3 Å². The summed E-state index contributed by atoms with van der Waals surface area (Å²) in [5, 5.41) is 43.1. The molecule has 1 fully saturated rings. The molecule has 0 saturated carbocycles. The number of nitrogens with zero attached hydrogens (tertiary/aromatic N) is 3. The van der Waals surface area contributed by atoms with Crippen LogP contribution in [0.4, 0.5) is 0 Å². The summed E-state index contributed by atoms with van der Waals surface area (Å²) in [6, 6.07) is 6.43. The fourth-order valence-corrected chi connectivity index (χ4v) is 3.62. The monoisotopic (exact) mass is 472 g/mol. The topological polar surface area (TPSA) is 176 Å². The van der Waals surface area contributed by atoms with Crippen LogP contribution in [0.25, 0.3) is 5.65 Å². The summed E-state index contributed by atoms with van der Waals surface area (Å²) in [5.41, 5.74) is -2.10. The van der Waals surface area contributed by atoms with E-state index >= 15 is 0 Å². The van der Waals surface area contributed by atoms with Crippen LogP contribution in [-0.4, -0.2) is 77.5 Å². The summed E-state index contributed by atoms with van der Waals surface area (Å²) in [5.74, 6) is -0.612. The number of nitrogens with one attached hydrogen (secondary N) is 1. The number of aliphatic hydroxyl groups is 4. The highest BCUT2D eigenvalue weighted by Gasteiger charge is 2.53. The van der Waals surface area contributed by atoms with Crippen molar-refractivity contribution in [1.29, 1.82) is 0 Å². The first-order valence-corrected chi connectivity index (χ1v) is 10.4. The van der Waals surface area contributed by atoms with E-state index < -0.39 is 48.3 Å². The van der Waals surface area contributed by atoms with Crippen molar-refractivity contribution in [2.24, 2.45) is 0 Å². The summed E-state index contributed by atoms with van der Waals surface area (Å²) in [6.45, 7) is 0.730. The maximum absolute atomic E-state index is 12.9. The summed E-state index contributed by atoms with van der Waals surface area (Å²) in [7, 11) is 0. The van der Waals surface area contributed by atoms with Gasteiger partial charge in [-0.05, 0) is 30.7 Å². The molecule has 2 unspecified atom stereocenters. The molecule has 12 nitrogen and oxygen atoms in total. The Morgan fingerprint density at radius 1 is 1.26 bits per heavy atom. The number of aliphatic hydroxyl groups excluding tert-OH is 3. The fraction of sp³-hybridized carbons (Fsp3) is 0.364. The van der Waals surface area contributed by atoms with Gasteiger partial charge in [0.05, 0.1) is 6.61 Å². The molecular formula is C22H24N4O8. The van der Waals surface area contributed by atoms with Crippen LogP contribution in [0.3, 0.4) is 0 Å². The summed E-state index contributed by atoms with van der Waals surface area (Å²) < 4.78 is 12.2. The Balaban J connectivity index is 1.59. The van der Waals surface area contributed by atoms with Crippen LogP contribution in [0.5, 0.6) is 5.75 Å². The Morgan fingerprint density at radius 2 is 2.06 bits per heavy atom. The van der Waals surface area contributed by atoms with Crippen LogP contribution in [0.1, 0.15) is 22.8 Å². The van der Waals surface area contributed by atoms with E-state index in [1.54, 1.807) is 24.5 Å². The van der Waals surface area contributed by atoms with Crippen LogP contribution < -0.4 is 15.6 Å². The zero-order chi connectivity index (χ0) is 24.5. The molecule has 5 N–H and O–H groups in total. The van der Waals surface area contributed by atoms with Gasteiger partial charge in [-0.25, -0.2) is 4.98 Å². The molecule has 1 amide bonds. The average Bonchev–Trinajstić information content (AvgIpc) is 2.84. The van der Waals surface area contributed by atoms with E-state index in [0.29, 0.717) is 0 Å². The molecule has 12 heteroatoms. The maximum atomic E-state index is 12.9. The normalized spacial score (nSPS) is 26.9. The van der Waals surface area contributed by atoms with Crippen molar-refractivity contribution in [3.8, 4) is 5.75 Å². The number of carbonyl (C=O) groups is 1. The van der Waals surface area contributed by atoms with Crippen LogP contribution >= 0.6 is 0 Å². The highest BCUT2D eigenvalue weighted by Crippen LogP contribution is 2.31. The molecule has 1 saturated heterocycles. The van der Waals surface area contributed by atoms with Gasteiger partial charge in [0.1, 0.15) is 29.5 Å². The molecule has 3 aromatic rings. The smallest absolute Gasteiger partial charge is 0.270 e. The Morgan fingerprint density at radius 3 is 2.76 bits per heavy atom. The standard InChI is InChI=1S/C22H24N4O8/c1-22(32)16(28)15(11-27)34-21(17(22)29)33-14-5-3-7-26-18(14)24-10-13(20(26)31)19(30)25-9-12-4-2-6-23-8-12/h2-8,10,15-17,21,27-29,32H,9,11H2,1H3,(H,25,30)/t15?,16-,17?,21-,22-/m1/s1. The van der Waals surface area contributed by atoms with Gasteiger partial charge in [0.15, 0.2) is 11.4 Å². The molecule has 3 aromatic heterocycles. The van der Waals surface area contributed by atoms with Gasteiger partial charge in [0, 0.05) is 31.3 Å². The highest BCUT2D eigenvalue weighted by molar-refractivity contribution is 5.93. The van der Waals surface area contributed by atoms with E-state index in [1.807, 2.05) is 0 Å². The first-order valence-electron chi connectivity index (χ1n) is 10.4. The van der Waals surface area contributed by atoms with E-state index in [1.165, 1.54) is 25.3 Å². The second-order valence-corrected chi connectivity index (χ2v) is 8.05. The lowest BCUT2D eigenvalue weighted by Crippen LogP contribution is -2.66. The van der Waals surface area contributed by atoms with Crippen molar-refractivity contribution in [1.82, 2.24) is 19.7 Å². The number of pyridine rings is 2.